The minimum atomic E-state index is -0.870. The van der Waals surface area contributed by atoms with E-state index in [0.717, 1.165) is 38.5 Å². The third-order valence-corrected chi connectivity index (χ3v) is 13.9. The number of esters is 2. The van der Waals surface area contributed by atoms with Crippen molar-refractivity contribution < 1.29 is 38.2 Å². The monoisotopic (exact) mass is 963 g/mol. The minimum absolute atomic E-state index is 0.0455. The maximum atomic E-state index is 12.8. The number of rotatable bonds is 55. The fraction of sp³-hybridized carbons (Fsp3) is 0.917. The van der Waals surface area contributed by atoms with E-state index >= 15 is 0 Å². The molecule has 0 aliphatic heterocycles. The number of likely N-dealkylation sites (N-methyl/N-ethyl adjacent to an activating group) is 1. The van der Waals surface area contributed by atoms with Crippen molar-refractivity contribution in [2.45, 2.75) is 315 Å². The Bertz CT molecular complexity index is 1120. The number of carbonyl (C=O) groups is 3. The summed E-state index contributed by atoms with van der Waals surface area (Å²) < 4.78 is 17.4. The smallest absolute Gasteiger partial charge is 0.362 e. The molecule has 0 rings (SSSR count). The number of allylic oxidation sites excluding steroid dienone is 2. The molecule has 402 valence electrons. The molecule has 2 atom stereocenters. The molecule has 0 aromatic rings. The molecule has 0 heterocycles. The second-order valence-electron chi connectivity index (χ2n) is 21.6. The van der Waals surface area contributed by atoms with Gasteiger partial charge in [0, 0.05) is 19.3 Å². The van der Waals surface area contributed by atoms with Crippen molar-refractivity contribution in [3.05, 3.63) is 12.2 Å². The predicted octanol–water partition coefficient (Wildman–Crippen LogP) is 17.8. The first-order chi connectivity index (χ1) is 33.1. The topological polar surface area (TPSA) is 99.1 Å². The van der Waals surface area contributed by atoms with E-state index in [9.17, 15) is 19.5 Å². The Morgan fingerprint density at radius 3 is 1.06 bits per heavy atom. The lowest BCUT2D eigenvalue weighted by molar-refractivity contribution is -0.887. The van der Waals surface area contributed by atoms with Crippen LogP contribution in [0.5, 0.6) is 0 Å². The second-order valence-corrected chi connectivity index (χ2v) is 21.6. The van der Waals surface area contributed by atoms with E-state index in [0.29, 0.717) is 19.3 Å². The highest BCUT2D eigenvalue weighted by molar-refractivity contribution is 5.72. The van der Waals surface area contributed by atoms with Crippen molar-refractivity contribution in [3.63, 3.8) is 0 Å². The van der Waals surface area contributed by atoms with Crippen LogP contribution >= 0.6 is 0 Å². The van der Waals surface area contributed by atoms with Crippen LogP contribution in [0.4, 0.5) is 0 Å². The summed E-state index contributed by atoms with van der Waals surface area (Å²) in [5.74, 6) is -1.44. The number of ether oxygens (including phenoxy) is 3. The summed E-state index contributed by atoms with van der Waals surface area (Å²) in [7, 11) is 5.56. The molecule has 68 heavy (non-hydrogen) atoms. The van der Waals surface area contributed by atoms with E-state index in [1.807, 2.05) is 21.1 Å². The van der Waals surface area contributed by atoms with E-state index < -0.39 is 18.1 Å². The number of carbonyl (C=O) groups excluding carboxylic acids is 2. The highest BCUT2D eigenvalue weighted by atomic mass is 16.6. The van der Waals surface area contributed by atoms with Gasteiger partial charge in [-0.05, 0) is 38.5 Å². The molecule has 0 aromatic heterocycles. The molecule has 0 aliphatic carbocycles. The average molecular weight is 964 g/mol. The van der Waals surface area contributed by atoms with Gasteiger partial charge >= 0.3 is 17.9 Å². The normalized spacial score (nSPS) is 12.8. The Morgan fingerprint density at radius 2 is 0.735 bits per heavy atom. The standard InChI is InChI=1S/C60H115NO7/c1-6-8-10-12-14-16-18-20-22-24-26-28-30-32-34-36-38-40-42-44-46-48-50-58(62)67-55-56(54-66-53-52-57(60(64)65)61(3,4)5)68-59(63)51-49-47-45-43-41-39-37-35-33-31-29-27-25-23-21-19-17-15-13-11-9-7-2/h31,33,56-57H,6-30,32,34-55H2,1-5H3/p+1/b33-31+. The van der Waals surface area contributed by atoms with Crippen molar-refractivity contribution in [3.8, 4) is 0 Å². The molecule has 0 saturated carbocycles. The molecule has 8 heteroatoms. The zero-order valence-corrected chi connectivity index (χ0v) is 46.1. The number of hydrogen-bond acceptors (Lipinski definition) is 6. The van der Waals surface area contributed by atoms with E-state index in [4.69, 9.17) is 14.2 Å². The molecular formula is C60H116NO7+. The van der Waals surface area contributed by atoms with Crippen molar-refractivity contribution in [1.82, 2.24) is 0 Å². The number of carboxylic acids is 1. The Balaban J connectivity index is 4.12. The summed E-state index contributed by atoms with van der Waals surface area (Å²) in [5, 5.41) is 9.68. The molecule has 0 bridgehead atoms. The maximum absolute atomic E-state index is 12.8. The van der Waals surface area contributed by atoms with Gasteiger partial charge in [0.25, 0.3) is 0 Å². The summed E-state index contributed by atoms with van der Waals surface area (Å²) in [6, 6.07) is -0.613. The minimum Gasteiger partial charge on any atom is -0.477 e. The van der Waals surface area contributed by atoms with Crippen LogP contribution in [0.3, 0.4) is 0 Å². The second kappa shape index (κ2) is 51.4. The van der Waals surface area contributed by atoms with Crippen LogP contribution in [0.1, 0.15) is 303 Å². The van der Waals surface area contributed by atoms with Gasteiger partial charge < -0.3 is 23.8 Å². The molecule has 8 nitrogen and oxygen atoms in total. The van der Waals surface area contributed by atoms with Crippen molar-refractivity contribution >= 4 is 17.9 Å². The number of quaternary nitrogens is 1. The zero-order chi connectivity index (χ0) is 49.9. The fourth-order valence-electron chi connectivity index (χ4n) is 9.33. The summed E-state index contributed by atoms with van der Waals surface area (Å²) >= 11 is 0. The number of hydrogen-bond donors (Lipinski definition) is 1. The quantitative estimate of drug-likeness (QED) is 0.0280. The van der Waals surface area contributed by atoms with Gasteiger partial charge in [-0.3, -0.25) is 9.59 Å². The molecular weight excluding hydrogens is 847 g/mol. The first-order valence-corrected chi connectivity index (χ1v) is 29.7. The predicted molar refractivity (Wildman–Crippen MR) is 289 cm³/mol. The highest BCUT2D eigenvalue weighted by Crippen LogP contribution is 2.18. The Morgan fingerprint density at radius 1 is 0.426 bits per heavy atom. The van der Waals surface area contributed by atoms with Gasteiger partial charge in [-0.2, -0.15) is 0 Å². The molecule has 0 aromatic carbocycles. The molecule has 0 aliphatic rings. The Labute approximate surface area is 422 Å². The molecule has 0 radical (unpaired) electrons. The van der Waals surface area contributed by atoms with Crippen LogP contribution < -0.4 is 0 Å². The van der Waals surface area contributed by atoms with E-state index in [1.54, 1.807) is 0 Å². The summed E-state index contributed by atoms with van der Waals surface area (Å²) in [6.45, 7) is 4.80. The largest absolute Gasteiger partial charge is 0.477 e. The summed E-state index contributed by atoms with van der Waals surface area (Å²) in [6.07, 6.45) is 59.9. The molecule has 0 spiro atoms. The van der Waals surface area contributed by atoms with E-state index in [2.05, 4.69) is 26.0 Å². The van der Waals surface area contributed by atoms with Crippen molar-refractivity contribution in [2.75, 3.05) is 41.0 Å². The van der Waals surface area contributed by atoms with Gasteiger partial charge in [0.2, 0.25) is 0 Å². The first kappa shape index (κ1) is 66.1. The maximum Gasteiger partial charge on any atom is 0.362 e. The molecule has 2 unspecified atom stereocenters. The number of unbranched alkanes of at least 4 members (excludes halogenated alkanes) is 39. The lowest BCUT2D eigenvalue weighted by Gasteiger charge is -2.31. The van der Waals surface area contributed by atoms with Crippen LogP contribution in [0, 0.1) is 0 Å². The third kappa shape index (κ3) is 49.1. The summed E-state index contributed by atoms with van der Waals surface area (Å²) in [5.41, 5.74) is 0. The van der Waals surface area contributed by atoms with Gasteiger partial charge in [0.1, 0.15) is 6.61 Å². The van der Waals surface area contributed by atoms with Crippen molar-refractivity contribution in [2.24, 2.45) is 0 Å². The van der Waals surface area contributed by atoms with Gasteiger partial charge in [0.15, 0.2) is 12.1 Å². The van der Waals surface area contributed by atoms with Crippen LogP contribution in [-0.2, 0) is 28.6 Å². The fourth-order valence-corrected chi connectivity index (χ4v) is 9.33. The van der Waals surface area contributed by atoms with Gasteiger partial charge in [-0.15, -0.1) is 0 Å². The van der Waals surface area contributed by atoms with E-state index in [-0.39, 0.29) is 36.2 Å². The SMILES string of the molecule is CCCCCCCCCCCCC/C=C/CCCCCCCCCC(=O)OC(COCCC(C(=O)O)[N+](C)(C)C)COC(=O)CCCCCCCCCCCCCCCCCCCCCCCC. The average Bonchev–Trinajstić information content (AvgIpc) is 3.30. The zero-order valence-electron chi connectivity index (χ0n) is 46.1. The lowest BCUT2D eigenvalue weighted by atomic mass is 10.0. The number of aliphatic carboxylic acids is 1. The molecule has 1 N–H and O–H groups in total. The van der Waals surface area contributed by atoms with Gasteiger partial charge in [0.05, 0.1) is 34.4 Å². The van der Waals surface area contributed by atoms with Crippen LogP contribution in [0.2, 0.25) is 0 Å². The third-order valence-electron chi connectivity index (χ3n) is 13.9. The summed E-state index contributed by atoms with van der Waals surface area (Å²) in [4.78, 5) is 37.3. The Hall–Kier alpha value is -1.93. The number of nitrogens with zero attached hydrogens (tertiary/aromatic N) is 1. The number of carboxylic acid groups (broad SMARTS) is 1. The van der Waals surface area contributed by atoms with Gasteiger partial charge in [-0.1, -0.05) is 257 Å². The van der Waals surface area contributed by atoms with Gasteiger partial charge in [-0.25, -0.2) is 4.79 Å². The lowest BCUT2D eigenvalue weighted by Crippen LogP contribution is -2.50. The molecule has 0 fully saturated rings. The van der Waals surface area contributed by atoms with Crippen LogP contribution in [-0.4, -0.2) is 80.6 Å². The first-order valence-electron chi connectivity index (χ1n) is 29.7. The van der Waals surface area contributed by atoms with Crippen LogP contribution in [0.25, 0.3) is 0 Å². The van der Waals surface area contributed by atoms with Crippen LogP contribution in [0.15, 0.2) is 12.2 Å². The molecule has 0 amide bonds. The molecule has 0 saturated heterocycles. The van der Waals surface area contributed by atoms with E-state index in [1.165, 1.54) is 231 Å². The van der Waals surface area contributed by atoms with Crippen molar-refractivity contribution in [1.29, 1.82) is 0 Å². The Kier molecular flexibility index (Phi) is 50.0. The highest BCUT2D eigenvalue weighted by Gasteiger charge is 2.31.